The summed E-state index contributed by atoms with van der Waals surface area (Å²) in [5, 5.41) is 0. The Morgan fingerprint density at radius 1 is 1.32 bits per heavy atom. The average Bonchev–Trinajstić information content (AvgIpc) is 2.83. The van der Waals surface area contributed by atoms with Crippen LogP contribution in [-0.2, 0) is 9.53 Å². The average molecular weight is 258 g/mol. The molecule has 0 spiro atoms. The number of carbonyl (C=O) groups is 1. The lowest BCUT2D eigenvalue weighted by Gasteiger charge is -2.46. The van der Waals surface area contributed by atoms with Crippen LogP contribution in [0.1, 0.15) is 44.8 Å². The molecule has 0 bridgehead atoms. The van der Waals surface area contributed by atoms with Crippen molar-refractivity contribution in [3.63, 3.8) is 0 Å². The Labute approximate surface area is 112 Å². The normalized spacial score (nSPS) is 43.9. The van der Waals surface area contributed by atoms with E-state index in [4.69, 9.17) is 9.15 Å². The molecule has 3 nitrogen and oxygen atoms in total. The molecule has 2 saturated carbocycles. The number of rotatable bonds is 1. The van der Waals surface area contributed by atoms with Crippen LogP contribution in [0.2, 0.25) is 0 Å². The number of ether oxygens (including phenoxy) is 1. The predicted molar refractivity (Wildman–Crippen MR) is 69.2 cm³/mol. The van der Waals surface area contributed by atoms with Gasteiger partial charge >= 0.3 is 5.97 Å². The first kappa shape index (κ1) is 11.3. The first-order chi connectivity index (χ1) is 9.04. The van der Waals surface area contributed by atoms with Crippen molar-refractivity contribution >= 4 is 5.97 Å². The summed E-state index contributed by atoms with van der Waals surface area (Å²) >= 11 is 0. The third kappa shape index (κ3) is 1.36. The van der Waals surface area contributed by atoms with E-state index in [1.807, 2.05) is 6.07 Å². The molecule has 0 saturated heterocycles. The van der Waals surface area contributed by atoms with Crippen LogP contribution in [0.15, 0.2) is 34.7 Å². The molecular formula is C16H18O3. The Kier molecular flexibility index (Phi) is 1.98. The Balaban J connectivity index is 1.84. The van der Waals surface area contributed by atoms with Gasteiger partial charge in [-0.25, -0.2) is 4.79 Å². The minimum absolute atomic E-state index is 0.0699. The summed E-state index contributed by atoms with van der Waals surface area (Å²) in [6, 6.07) is 1.91. The molecule has 1 aliphatic heterocycles. The summed E-state index contributed by atoms with van der Waals surface area (Å²) in [4.78, 5) is 11.9. The van der Waals surface area contributed by atoms with Gasteiger partial charge in [-0.3, -0.25) is 0 Å². The molecule has 4 rings (SSSR count). The Morgan fingerprint density at radius 3 is 2.89 bits per heavy atom. The Morgan fingerprint density at radius 2 is 2.16 bits per heavy atom. The fourth-order valence-corrected chi connectivity index (χ4v) is 4.32. The standard InChI is InChI=1S/C16H18O3/c1-15-5-3-11-8-16(11,2)12(15)7-13(17)19-14(15)10-4-6-18-9-10/h4,6-7,9,11,14H,3,5,8H2,1-2H3/t11?,14-,15+,16-/m0/s1. The minimum Gasteiger partial charge on any atom is -0.472 e. The van der Waals surface area contributed by atoms with Gasteiger partial charge in [0, 0.05) is 17.1 Å². The zero-order valence-electron chi connectivity index (χ0n) is 11.3. The SMILES string of the molecule is C[C@]12CC1CC[C@]1(C)C2=CC(=O)O[C@H]1c1ccoc1. The van der Waals surface area contributed by atoms with Crippen LogP contribution in [0.5, 0.6) is 0 Å². The van der Waals surface area contributed by atoms with E-state index in [1.165, 1.54) is 18.4 Å². The maximum Gasteiger partial charge on any atom is 0.331 e. The lowest BCUT2D eigenvalue weighted by Crippen LogP contribution is -2.40. The summed E-state index contributed by atoms with van der Waals surface area (Å²) < 4.78 is 10.8. The minimum atomic E-state index is -0.201. The zero-order valence-corrected chi connectivity index (χ0v) is 11.3. The second kappa shape index (κ2) is 3.33. The van der Waals surface area contributed by atoms with Crippen LogP contribution in [0.4, 0.5) is 0 Å². The maximum atomic E-state index is 11.9. The summed E-state index contributed by atoms with van der Waals surface area (Å²) in [5.41, 5.74) is 2.44. The van der Waals surface area contributed by atoms with Crippen LogP contribution in [0.3, 0.4) is 0 Å². The van der Waals surface area contributed by atoms with Crippen LogP contribution in [0.25, 0.3) is 0 Å². The third-order valence-electron chi connectivity index (χ3n) is 5.57. The predicted octanol–water partition coefficient (Wildman–Crippen LogP) is 3.63. The van der Waals surface area contributed by atoms with Gasteiger partial charge in [-0.1, -0.05) is 13.8 Å². The van der Waals surface area contributed by atoms with Crippen molar-refractivity contribution in [3.8, 4) is 0 Å². The van der Waals surface area contributed by atoms with Crippen LogP contribution >= 0.6 is 0 Å². The van der Waals surface area contributed by atoms with Gasteiger partial charge in [-0.2, -0.15) is 0 Å². The van der Waals surface area contributed by atoms with Gasteiger partial charge in [0.2, 0.25) is 0 Å². The molecule has 1 aromatic rings. The van der Waals surface area contributed by atoms with E-state index in [9.17, 15) is 4.79 Å². The van der Waals surface area contributed by atoms with E-state index in [1.54, 1.807) is 18.6 Å². The molecule has 0 N–H and O–H groups in total. The molecule has 3 heteroatoms. The summed E-state index contributed by atoms with van der Waals surface area (Å²) in [7, 11) is 0. The fraction of sp³-hybridized carbons (Fsp3) is 0.562. The van der Waals surface area contributed by atoms with Crippen LogP contribution in [-0.4, -0.2) is 5.97 Å². The lowest BCUT2D eigenvalue weighted by molar-refractivity contribution is -0.153. The third-order valence-corrected chi connectivity index (χ3v) is 5.57. The van der Waals surface area contributed by atoms with E-state index < -0.39 is 0 Å². The highest BCUT2D eigenvalue weighted by atomic mass is 16.5. The van der Waals surface area contributed by atoms with Crippen molar-refractivity contribution < 1.29 is 13.9 Å². The number of fused-ring (bicyclic) bond motifs is 3. The maximum absolute atomic E-state index is 11.9. The fourth-order valence-electron chi connectivity index (χ4n) is 4.32. The van der Waals surface area contributed by atoms with Crippen molar-refractivity contribution in [2.45, 2.75) is 39.2 Å². The number of hydrogen-bond acceptors (Lipinski definition) is 3. The monoisotopic (exact) mass is 258 g/mol. The molecule has 19 heavy (non-hydrogen) atoms. The zero-order chi connectivity index (χ0) is 13.3. The van der Waals surface area contributed by atoms with Crippen molar-refractivity contribution in [3.05, 3.63) is 35.8 Å². The number of carbonyl (C=O) groups excluding carboxylic acids is 1. The smallest absolute Gasteiger partial charge is 0.331 e. The molecule has 0 aromatic carbocycles. The highest BCUT2D eigenvalue weighted by Crippen LogP contribution is 2.71. The number of cyclic esters (lactones) is 1. The van der Waals surface area contributed by atoms with Gasteiger partial charge in [0.05, 0.1) is 12.5 Å². The molecule has 3 aliphatic rings. The van der Waals surface area contributed by atoms with Gasteiger partial charge in [0.15, 0.2) is 0 Å². The molecule has 2 fully saturated rings. The van der Waals surface area contributed by atoms with Gasteiger partial charge in [0.1, 0.15) is 6.10 Å². The van der Waals surface area contributed by atoms with Crippen molar-refractivity contribution in [2.24, 2.45) is 16.7 Å². The molecule has 0 radical (unpaired) electrons. The van der Waals surface area contributed by atoms with Gasteiger partial charge < -0.3 is 9.15 Å². The van der Waals surface area contributed by atoms with E-state index >= 15 is 0 Å². The molecule has 4 atom stereocenters. The van der Waals surface area contributed by atoms with Gasteiger partial charge in [0.25, 0.3) is 0 Å². The topological polar surface area (TPSA) is 39.4 Å². The first-order valence-corrected chi connectivity index (χ1v) is 6.99. The second-order valence-electron chi connectivity index (χ2n) is 6.71. The highest BCUT2D eigenvalue weighted by Gasteiger charge is 2.63. The number of furan rings is 1. The number of hydrogen-bond donors (Lipinski definition) is 0. The molecule has 100 valence electrons. The largest absolute Gasteiger partial charge is 0.472 e. The molecular weight excluding hydrogens is 240 g/mol. The van der Waals surface area contributed by atoms with Crippen molar-refractivity contribution in [1.29, 1.82) is 0 Å². The summed E-state index contributed by atoms with van der Waals surface area (Å²) in [6.45, 7) is 4.54. The van der Waals surface area contributed by atoms with Gasteiger partial charge in [-0.15, -0.1) is 0 Å². The lowest BCUT2D eigenvalue weighted by atomic mass is 9.62. The van der Waals surface area contributed by atoms with E-state index in [0.29, 0.717) is 0 Å². The number of esters is 1. The summed E-state index contributed by atoms with van der Waals surface area (Å²) in [6.07, 6.45) is 8.45. The quantitative estimate of drug-likeness (QED) is 0.722. The van der Waals surface area contributed by atoms with E-state index in [0.717, 1.165) is 17.9 Å². The Hall–Kier alpha value is -1.51. The van der Waals surface area contributed by atoms with Crippen LogP contribution in [0, 0.1) is 16.7 Å². The summed E-state index contributed by atoms with van der Waals surface area (Å²) in [5.74, 6) is 0.565. The Bertz CT molecular complexity index is 571. The molecule has 1 unspecified atom stereocenters. The van der Waals surface area contributed by atoms with E-state index in [2.05, 4.69) is 13.8 Å². The van der Waals surface area contributed by atoms with E-state index in [-0.39, 0.29) is 22.9 Å². The molecule has 2 heterocycles. The molecule has 2 aliphatic carbocycles. The van der Waals surface area contributed by atoms with Gasteiger partial charge in [-0.05, 0) is 42.2 Å². The second-order valence-corrected chi connectivity index (χ2v) is 6.71. The van der Waals surface area contributed by atoms with Crippen molar-refractivity contribution in [2.75, 3.05) is 0 Å². The molecule has 1 aromatic heterocycles. The molecule has 0 amide bonds. The van der Waals surface area contributed by atoms with Crippen LogP contribution < -0.4 is 0 Å². The first-order valence-electron chi connectivity index (χ1n) is 6.99. The highest BCUT2D eigenvalue weighted by molar-refractivity contribution is 5.85. The van der Waals surface area contributed by atoms with Crippen molar-refractivity contribution in [1.82, 2.24) is 0 Å².